The summed E-state index contributed by atoms with van der Waals surface area (Å²) in [6, 6.07) is 0. The normalized spacial score (nSPS) is 11.5. The minimum Gasteiger partial charge on any atom is -1.00 e. The van der Waals surface area contributed by atoms with Gasteiger partial charge in [0.05, 0.1) is 0 Å². The van der Waals surface area contributed by atoms with E-state index < -0.39 is 14.5 Å². The molecule has 0 spiro atoms. The van der Waals surface area contributed by atoms with E-state index in [0.29, 0.717) is 5.92 Å². The van der Waals surface area contributed by atoms with Gasteiger partial charge in [-0.25, -0.2) is 0 Å². The van der Waals surface area contributed by atoms with E-state index in [2.05, 4.69) is 17.6 Å². The van der Waals surface area contributed by atoms with E-state index in [1.54, 1.807) is 0 Å². The summed E-state index contributed by atoms with van der Waals surface area (Å²) in [5.74, 6) is 0.701. The molecule has 0 aromatic carbocycles. The molecule has 0 saturated carbocycles. The second-order valence-corrected chi connectivity index (χ2v) is 6.17. The van der Waals surface area contributed by atoms with Gasteiger partial charge in [-0.05, 0) is 0 Å². The first-order valence-corrected chi connectivity index (χ1v) is 7.83. The third-order valence-electron chi connectivity index (χ3n) is 1.69. The summed E-state index contributed by atoms with van der Waals surface area (Å²) in [4.78, 5) is 0. The van der Waals surface area contributed by atoms with Crippen molar-refractivity contribution in [2.75, 3.05) is 6.61 Å². The summed E-state index contributed by atoms with van der Waals surface area (Å²) >= 11 is -4.79. The first-order chi connectivity index (χ1) is 5.92. The zero-order valence-electron chi connectivity index (χ0n) is 10.3. The number of hydrogen-bond donors (Lipinski definition) is 2. The van der Waals surface area contributed by atoms with Gasteiger partial charge in [-0.1, -0.05) is 0 Å². The fourth-order valence-electron chi connectivity index (χ4n) is 1.01. The molecule has 0 aliphatic rings. The van der Waals surface area contributed by atoms with Gasteiger partial charge in [0.2, 0.25) is 0 Å². The second kappa shape index (κ2) is 9.46. The second-order valence-electron chi connectivity index (χ2n) is 3.57. The van der Waals surface area contributed by atoms with Gasteiger partial charge in [-0.15, -0.1) is 0 Å². The molecule has 0 saturated heterocycles. The van der Waals surface area contributed by atoms with Crippen molar-refractivity contribution in [2.45, 2.75) is 39.5 Å². The molecule has 0 radical (unpaired) electrons. The molecular formula is C8H20AsNaO4. The van der Waals surface area contributed by atoms with Gasteiger partial charge in [0.1, 0.15) is 0 Å². The largest absolute Gasteiger partial charge is 1.00 e. The molecule has 0 bridgehead atoms. The van der Waals surface area contributed by atoms with Crippen LogP contribution in [-0.4, -0.2) is 29.3 Å². The fourth-order valence-corrected chi connectivity index (χ4v) is 1.78. The van der Waals surface area contributed by atoms with Gasteiger partial charge in [0.15, 0.2) is 0 Å². The topological polar surface area (TPSA) is 66.8 Å². The van der Waals surface area contributed by atoms with Crippen molar-refractivity contribution < 1.29 is 46.6 Å². The maximum absolute atomic E-state index is 10.3. The number of unbranched alkanes of at least 4 members (excludes halogenated alkanes) is 2. The monoisotopic (exact) mass is 278 g/mol. The SMILES string of the molecule is CC(C)CCCCCO[As](=O)(O)O.[H-].[Na+]. The molecule has 6 heteroatoms. The van der Waals surface area contributed by atoms with E-state index in [4.69, 9.17) is 8.19 Å². The number of rotatable bonds is 7. The van der Waals surface area contributed by atoms with Crippen LogP contribution in [0.5, 0.6) is 0 Å². The van der Waals surface area contributed by atoms with Crippen LogP contribution in [0.2, 0.25) is 0 Å². The Labute approximate surface area is 113 Å². The molecule has 82 valence electrons. The summed E-state index contributed by atoms with van der Waals surface area (Å²) in [6.45, 7) is 4.51. The molecular weight excluding hydrogens is 258 g/mol. The van der Waals surface area contributed by atoms with Crippen molar-refractivity contribution in [2.24, 2.45) is 5.92 Å². The predicted molar refractivity (Wildman–Crippen MR) is 51.2 cm³/mol. The molecule has 0 aliphatic carbocycles. The summed E-state index contributed by atoms with van der Waals surface area (Å²) in [5.41, 5.74) is 0. The van der Waals surface area contributed by atoms with Crippen molar-refractivity contribution in [1.82, 2.24) is 0 Å². The first-order valence-electron chi connectivity index (χ1n) is 4.62. The summed E-state index contributed by atoms with van der Waals surface area (Å²) in [7, 11) is 0. The molecule has 14 heavy (non-hydrogen) atoms. The van der Waals surface area contributed by atoms with E-state index in [1.165, 1.54) is 6.42 Å². The fraction of sp³-hybridized carbons (Fsp3) is 1.00. The number of hydrogen-bond acceptors (Lipinski definition) is 2. The van der Waals surface area contributed by atoms with E-state index in [0.717, 1.165) is 19.3 Å². The zero-order chi connectivity index (χ0) is 10.3. The molecule has 2 N–H and O–H groups in total. The molecule has 0 rings (SSSR count). The molecule has 0 amide bonds. The average molecular weight is 278 g/mol. The molecule has 0 aliphatic heterocycles. The van der Waals surface area contributed by atoms with E-state index in [-0.39, 0.29) is 37.6 Å². The molecule has 0 aromatic heterocycles. The van der Waals surface area contributed by atoms with Gasteiger partial charge in [0.25, 0.3) is 0 Å². The quantitative estimate of drug-likeness (QED) is 0.425. The van der Waals surface area contributed by atoms with Gasteiger partial charge in [-0.2, -0.15) is 0 Å². The van der Waals surface area contributed by atoms with Crippen LogP contribution in [0.4, 0.5) is 0 Å². The minimum absolute atomic E-state index is 0. The van der Waals surface area contributed by atoms with Crippen molar-refractivity contribution in [1.29, 1.82) is 0 Å². The van der Waals surface area contributed by atoms with E-state index in [1.807, 2.05) is 0 Å². The van der Waals surface area contributed by atoms with Crippen LogP contribution >= 0.6 is 0 Å². The van der Waals surface area contributed by atoms with Gasteiger partial charge in [0, 0.05) is 0 Å². The molecule has 0 atom stereocenters. The predicted octanol–water partition coefficient (Wildman–Crippen LogP) is -1.81. The molecule has 4 nitrogen and oxygen atoms in total. The van der Waals surface area contributed by atoms with Crippen molar-refractivity contribution in [3.63, 3.8) is 0 Å². The molecule has 0 aromatic rings. The average Bonchev–Trinajstić information content (AvgIpc) is 1.93. The Morgan fingerprint density at radius 1 is 1.29 bits per heavy atom. The van der Waals surface area contributed by atoms with Crippen molar-refractivity contribution in [3.05, 3.63) is 0 Å². The zero-order valence-corrected chi connectivity index (χ0v) is 13.1. The maximum Gasteiger partial charge on any atom is 1.00 e. The Morgan fingerprint density at radius 3 is 2.29 bits per heavy atom. The van der Waals surface area contributed by atoms with E-state index >= 15 is 0 Å². The van der Waals surface area contributed by atoms with Crippen LogP contribution in [-0.2, 0) is 7.47 Å². The first kappa shape index (κ1) is 17.6. The minimum atomic E-state index is -4.79. The third-order valence-corrected chi connectivity index (χ3v) is 2.77. The molecule has 0 heterocycles. The van der Waals surface area contributed by atoms with Crippen LogP contribution in [0.25, 0.3) is 0 Å². The van der Waals surface area contributed by atoms with Crippen LogP contribution < -0.4 is 29.6 Å². The van der Waals surface area contributed by atoms with Crippen molar-refractivity contribution >= 4 is 14.5 Å². The van der Waals surface area contributed by atoms with Crippen LogP contribution in [0.3, 0.4) is 0 Å². The smallest absolute Gasteiger partial charge is 1.00 e. The summed E-state index contributed by atoms with van der Waals surface area (Å²) < 4.78 is 31.5. The van der Waals surface area contributed by atoms with Gasteiger partial charge in [-0.3, -0.25) is 0 Å². The Bertz CT molecular complexity index is 174. The Kier molecular flexibility index (Phi) is 11.9. The van der Waals surface area contributed by atoms with Crippen LogP contribution in [0.1, 0.15) is 41.0 Å². The van der Waals surface area contributed by atoms with Crippen molar-refractivity contribution in [3.8, 4) is 0 Å². The van der Waals surface area contributed by atoms with Crippen LogP contribution in [0, 0.1) is 5.92 Å². The maximum atomic E-state index is 10.3. The third kappa shape index (κ3) is 15.7. The summed E-state index contributed by atoms with van der Waals surface area (Å²) in [5, 5.41) is 0. The standard InChI is InChI=1S/C8H19AsO4.Na.H/c1-8(2)6-4-3-5-7-13-9(10,11)12;;/h8H,3-7H2,1-2H3,(H2,10,11,12);;/q;+1;-1. The summed E-state index contributed by atoms with van der Waals surface area (Å²) in [6.07, 6.45) is 3.99. The van der Waals surface area contributed by atoms with Crippen LogP contribution in [0.15, 0.2) is 0 Å². The van der Waals surface area contributed by atoms with Gasteiger partial charge >= 0.3 is 112 Å². The van der Waals surface area contributed by atoms with E-state index in [9.17, 15) is 3.74 Å². The Hall–Kier alpha value is 1.24. The Balaban J connectivity index is -0.000000720. The molecule has 0 fully saturated rings. The Morgan fingerprint density at radius 2 is 1.86 bits per heavy atom. The van der Waals surface area contributed by atoms with Gasteiger partial charge < -0.3 is 1.43 Å². The molecule has 0 unspecified atom stereocenters.